The zero-order valence-corrected chi connectivity index (χ0v) is 10.5. The van der Waals surface area contributed by atoms with Crippen molar-refractivity contribution in [2.45, 2.75) is 13.0 Å². The summed E-state index contributed by atoms with van der Waals surface area (Å²) in [4.78, 5) is 0. The molecule has 0 bridgehead atoms. The molecule has 18 heavy (non-hydrogen) atoms. The van der Waals surface area contributed by atoms with Crippen molar-refractivity contribution >= 4 is 0 Å². The minimum Gasteiger partial charge on any atom is -0.497 e. The molecule has 0 aliphatic carbocycles. The summed E-state index contributed by atoms with van der Waals surface area (Å²) in [7, 11) is 1.57. The zero-order chi connectivity index (χ0) is 13.1. The first-order valence-electron chi connectivity index (χ1n) is 5.81. The lowest BCUT2D eigenvalue weighted by molar-refractivity contribution is 0.414. The van der Waals surface area contributed by atoms with Gasteiger partial charge in [0.1, 0.15) is 11.6 Å². The first-order chi connectivity index (χ1) is 8.61. The van der Waals surface area contributed by atoms with Crippen molar-refractivity contribution in [3.63, 3.8) is 0 Å². The minimum absolute atomic E-state index is 0.0193. The molecule has 0 amide bonds. The van der Waals surface area contributed by atoms with Crippen molar-refractivity contribution in [3.8, 4) is 16.9 Å². The van der Waals surface area contributed by atoms with Gasteiger partial charge >= 0.3 is 0 Å². The first kappa shape index (κ1) is 12.6. The van der Waals surface area contributed by atoms with Gasteiger partial charge in [0.2, 0.25) is 0 Å². The second-order valence-electron chi connectivity index (χ2n) is 4.26. The van der Waals surface area contributed by atoms with Gasteiger partial charge in [-0.25, -0.2) is 4.39 Å². The van der Waals surface area contributed by atoms with Crippen LogP contribution < -0.4 is 10.5 Å². The molecule has 2 aromatic rings. The Morgan fingerprint density at radius 1 is 1.11 bits per heavy atom. The van der Waals surface area contributed by atoms with Gasteiger partial charge < -0.3 is 10.5 Å². The molecular formula is C15H16FNO. The van der Waals surface area contributed by atoms with E-state index in [0.717, 1.165) is 11.1 Å². The van der Waals surface area contributed by atoms with Crippen LogP contribution in [-0.4, -0.2) is 7.11 Å². The van der Waals surface area contributed by atoms with E-state index in [1.54, 1.807) is 19.2 Å². The summed E-state index contributed by atoms with van der Waals surface area (Å²) < 4.78 is 18.9. The van der Waals surface area contributed by atoms with Crippen LogP contribution in [0.3, 0.4) is 0 Å². The molecule has 0 spiro atoms. The number of hydrogen-bond acceptors (Lipinski definition) is 2. The molecule has 0 saturated carbocycles. The standard InChI is InChI=1S/C15H16FNO/c1-10(17)11-3-5-12(6-4-11)14-9-13(18-2)7-8-15(14)16/h3-10H,17H2,1-2H3. The molecule has 2 rings (SSSR count). The fourth-order valence-electron chi connectivity index (χ4n) is 1.82. The molecule has 0 fully saturated rings. The minimum atomic E-state index is -0.260. The Labute approximate surface area is 106 Å². The van der Waals surface area contributed by atoms with Crippen LogP contribution in [0.4, 0.5) is 4.39 Å². The number of rotatable bonds is 3. The maximum Gasteiger partial charge on any atom is 0.131 e. The van der Waals surface area contributed by atoms with Crippen molar-refractivity contribution in [3.05, 3.63) is 53.8 Å². The predicted octanol–water partition coefficient (Wildman–Crippen LogP) is 3.52. The van der Waals surface area contributed by atoms with E-state index in [2.05, 4.69) is 0 Å². The summed E-state index contributed by atoms with van der Waals surface area (Å²) in [5, 5.41) is 0. The van der Waals surface area contributed by atoms with Gasteiger partial charge in [0.25, 0.3) is 0 Å². The number of ether oxygens (including phenoxy) is 1. The van der Waals surface area contributed by atoms with Crippen LogP contribution in [0.2, 0.25) is 0 Å². The van der Waals surface area contributed by atoms with Crippen molar-refractivity contribution in [2.24, 2.45) is 5.73 Å². The summed E-state index contributed by atoms with van der Waals surface area (Å²) in [5.74, 6) is 0.381. The number of methoxy groups -OCH3 is 1. The third-order valence-corrected chi connectivity index (χ3v) is 2.92. The highest BCUT2D eigenvalue weighted by Crippen LogP contribution is 2.27. The van der Waals surface area contributed by atoms with Gasteiger partial charge in [0.05, 0.1) is 7.11 Å². The zero-order valence-electron chi connectivity index (χ0n) is 10.5. The van der Waals surface area contributed by atoms with Gasteiger partial charge in [0, 0.05) is 11.6 Å². The monoisotopic (exact) mass is 245 g/mol. The summed E-state index contributed by atoms with van der Waals surface area (Å²) in [5.41, 5.74) is 8.16. The van der Waals surface area contributed by atoms with Gasteiger partial charge in [-0.3, -0.25) is 0 Å². The molecule has 0 saturated heterocycles. The lowest BCUT2D eigenvalue weighted by atomic mass is 10.0. The van der Waals surface area contributed by atoms with Crippen molar-refractivity contribution < 1.29 is 9.13 Å². The highest BCUT2D eigenvalue weighted by Gasteiger charge is 2.07. The first-order valence-corrected chi connectivity index (χ1v) is 5.81. The molecule has 0 heterocycles. The maximum atomic E-state index is 13.8. The van der Waals surface area contributed by atoms with E-state index in [4.69, 9.17) is 10.5 Å². The van der Waals surface area contributed by atoms with E-state index in [0.29, 0.717) is 11.3 Å². The smallest absolute Gasteiger partial charge is 0.131 e. The molecule has 2 aromatic carbocycles. The Hall–Kier alpha value is -1.87. The average molecular weight is 245 g/mol. The summed E-state index contributed by atoms with van der Waals surface area (Å²) in [6.45, 7) is 1.92. The van der Waals surface area contributed by atoms with E-state index in [1.165, 1.54) is 6.07 Å². The van der Waals surface area contributed by atoms with Gasteiger partial charge in [-0.1, -0.05) is 24.3 Å². The van der Waals surface area contributed by atoms with Crippen LogP contribution in [-0.2, 0) is 0 Å². The van der Waals surface area contributed by atoms with Crippen LogP contribution in [0.5, 0.6) is 5.75 Å². The molecule has 1 unspecified atom stereocenters. The summed E-state index contributed by atoms with van der Waals surface area (Å²) in [6, 6.07) is 12.3. The van der Waals surface area contributed by atoms with Crippen LogP contribution in [0, 0.1) is 5.82 Å². The lowest BCUT2D eigenvalue weighted by Gasteiger charge is -2.09. The summed E-state index contributed by atoms with van der Waals surface area (Å²) >= 11 is 0. The molecule has 0 radical (unpaired) electrons. The van der Waals surface area contributed by atoms with Gasteiger partial charge in [0.15, 0.2) is 0 Å². The Morgan fingerprint density at radius 2 is 1.78 bits per heavy atom. The second-order valence-corrected chi connectivity index (χ2v) is 4.26. The van der Waals surface area contributed by atoms with Gasteiger partial charge in [-0.2, -0.15) is 0 Å². The molecule has 94 valence electrons. The average Bonchev–Trinajstić information content (AvgIpc) is 2.39. The summed E-state index contributed by atoms with van der Waals surface area (Å²) in [6.07, 6.45) is 0. The molecule has 0 aromatic heterocycles. The van der Waals surface area contributed by atoms with Crippen LogP contribution in [0.25, 0.3) is 11.1 Å². The third kappa shape index (κ3) is 2.51. The molecule has 2 N–H and O–H groups in total. The fraction of sp³-hybridized carbons (Fsp3) is 0.200. The third-order valence-electron chi connectivity index (χ3n) is 2.92. The van der Waals surface area contributed by atoms with Crippen LogP contribution in [0.1, 0.15) is 18.5 Å². The van der Waals surface area contributed by atoms with Gasteiger partial charge in [-0.05, 0) is 36.2 Å². The number of hydrogen-bond donors (Lipinski definition) is 1. The van der Waals surface area contributed by atoms with E-state index in [-0.39, 0.29) is 11.9 Å². The largest absolute Gasteiger partial charge is 0.497 e. The maximum absolute atomic E-state index is 13.8. The van der Waals surface area contributed by atoms with E-state index in [1.807, 2.05) is 31.2 Å². The molecular weight excluding hydrogens is 229 g/mol. The number of nitrogens with two attached hydrogens (primary N) is 1. The number of halogens is 1. The number of benzene rings is 2. The van der Waals surface area contributed by atoms with Crippen molar-refractivity contribution in [1.29, 1.82) is 0 Å². The fourth-order valence-corrected chi connectivity index (χ4v) is 1.82. The van der Waals surface area contributed by atoms with Crippen LogP contribution in [0.15, 0.2) is 42.5 Å². The Kier molecular flexibility index (Phi) is 3.63. The van der Waals surface area contributed by atoms with Crippen molar-refractivity contribution in [2.75, 3.05) is 7.11 Å². The topological polar surface area (TPSA) is 35.2 Å². The van der Waals surface area contributed by atoms with E-state index in [9.17, 15) is 4.39 Å². The molecule has 0 aliphatic heterocycles. The Morgan fingerprint density at radius 3 is 2.33 bits per heavy atom. The quantitative estimate of drug-likeness (QED) is 0.898. The molecule has 1 atom stereocenters. The van der Waals surface area contributed by atoms with Gasteiger partial charge in [-0.15, -0.1) is 0 Å². The van der Waals surface area contributed by atoms with E-state index >= 15 is 0 Å². The van der Waals surface area contributed by atoms with Crippen molar-refractivity contribution in [1.82, 2.24) is 0 Å². The highest BCUT2D eigenvalue weighted by atomic mass is 19.1. The molecule has 3 heteroatoms. The SMILES string of the molecule is COc1ccc(F)c(-c2ccc(C(C)N)cc2)c1. The Bertz CT molecular complexity index is 535. The molecule has 2 nitrogen and oxygen atoms in total. The molecule has 0 aliphatic rings. The lowest BCUT2D eigenvalue weighted by Crippen LogP contribution is -2.04. The normalized spacial score (nSPS) is 12.2. The predicted molar refractivity (Wildman–Crippen MR) is 71.0 cm³/mol. The highest BCUT2D eigenvalue weighted by molar-refractivity contribution is 5.66. The Balaban J connectivity index is 2.41. The van der Waals surface area contributed by atoms with E-state index < -0.39 is 0 Å². The van der Waals surface area contributed by atoms with Crippen LogP contribution >= 0.6 is 0 Å². The second kappa shape index (κ2) is 5.19.